The fourth-order valence-corrected chi connectivity index (χ4v) is 3.67. The first-order valence-corrected chi connectivity index (χ1v) is 9.47. The second-order valence-corrected chi connectivity index (χ2v) is 7.68. The zero-order valence-corrected chi connectivity index (χ0v) is 16.5. The van der Waals surface area contributed by atoms with E-state index in [1.165, 1.54) is 6.08 Å². The second kappa shape index (κ2) is 8.17. The smallest absolute Gasteiger partial charge is 0.294 e. The van der Waals surface area contributed by atoms with E-state index in [0.717, 1.165) is 22.2 Å². The molecule has 1 saturated heterocycles. The number of hydrogen-bond acceptors (Lipinski definition) is 4. The van der Waals surface area contributed by atoms with Gasteiger partial charge in [-0.25, -0.2) is 0 Å². The van der Waals surface area contributed by atoms with Crippen LogP contribution in [0.1, 0.15) is 11.1 Å². The summed E-state index contributed by atoms with van der Waals surface area (Å²) >= 11 is 12.7. The Hall–Kier alpha value is -2.28. The second-order valence-electron chi connectivity index (χ2n) is 5.85. The van der Waals surface area contributed by atoms with Gasteiger partial charge in [-0.05, 0) is 54.6 Å². The van der Waals surface area contributed by atoms with Gasteiger partial charge >= 0.3 is 0 Å². The van der Waals surface area contributed by atoms with Gasteiger partial charge in [0.15, 0.2) is 0 Å². The molecule has 8 heteroatoms. The largest absolute Gasteiger partial charge is 0.325 e. The third-order valence-electron chi connectivity index (χ3n) is 3.76. The first kappa shape index (κ1) is 19.5. The van der Waals surface area contributed by atoms with Crippen LogP contribution < -0.4 is 5.32 Å². The van der Waals surface area contributed by atoms with Gasteiger partial charge in [0.2, 0.25) is 5.91 Å². The van der Waals surface area contributed by atoms with Crippen molar-refractivity contribution in [1.82, 2.24) is 4.90 Å². The lowest BCUT2D eigenvalue weighted by Gasteiger charge is -2.12. The van der Waals surface area contributed by atoms with Crippen molar-refractivity contribution in [2.24, 2.45) is 0 Å². The Morgan fingerprint density at radius 2 is 1.85 bits per heavy atom. The Bertz CT molecular complexity index is 958. The number of nitrogens with one attached hydrogen (secondary N) is 1. The van der Waals surface area contributed by atoms with Crippen molar-refractivity contribution in [2.45, 2.75) is 6.92 Å². The Morgan fingerprint density at radius 3 is 2.52 bits per heavy atom. The fraction of sp³-hybridized carbons (Fsp3) is 0.105. The number of amides is 3. The standard InChI is InChI=1S/C19H14Cl2N2O3S/c1-11-2-6-14(7-3-11)22-17(24)10-23-18(25)16(27-19(23)26)8-12-4-5-13(20)9-15(12)21/h2-9H,10H2,1H3,(H,22,24)/b16-8-. The summed E-state index contributed by atoms with van der Waals surface area (Å²) in [6, 6.07) is 12.1. The molecule has 1 N–H and O–H groups in total. The third-order valence-corrected chi connectivity index (χ3v) is 5.23. The average molecular weight is 421 g/mol. The number of halogens is 2. The number of rotatable bonds is 4. The molecule has 0 radical (unpaired) electrons. The molecule has 0 aliphatic carbocycles. The first-order valence-electron chi connectivity index (χ1n) is 7.90. The average Bonchev–Trinajstić information content (AvgIpc) is 2.87. The first-order chi connectivity index (χ1) is 12.8. The molecule has 1 aliphatic heterocycles. The lowest BCUT2D eigenvalue weighted by molar-refractivity contribution is -0.127. The lowest BCUT2D eigenvalue weighted by atomic mass is 10.2. The van der Waals surface area contributed by atoms with Gasteiger partial charge in [-0.1, -0.05) is 47.0 Å². The van der Waals surface area contributed by atoms with Crippen LogP contribution in [0.25, 0.3) is 6.08 Å². The van der Waals surface area contributed by atoms with E-state index in [1.807, 2.05) is 19.1 Å². The van der Waals surface area contributed by atoms with Crippen LogP contribution in [0, 0.1) is 6.92 Å². The number of thioether (sulfide) groups is 1. The highest BCUT2D eigenvalue weighted by atomic mass is 35.5. The molecule has 1 aliphatic rings. The van der Waals surface area contributed by atoms with Crippen molar-refractivity contribution in [3.05, 3.63) is 68.5 Å². The number of carbonyl (C=O) groups excluding carboxylic acids is 3. The fourth-order valence-electron chi connectivity index (χ4n) is 2.38. The van der Waals surface area contributed by atoms with E-state index in [4.69, 9.17) is 23.2 Å². The molecule has 27 heavy (non-hydrogen) atoms. The van der Waals surface area contributed by atoms with Gasteiger partial charge in [0.1, 0.15) is 6.54 Å². The van der Waals surface area contributed by atoms with Crippen LogP contribution in [0.2, 0.25) is 10.0 Å². The molecule has 0 aromatic heterocycles. The van der Waals surface area contributed by atoms with Crippen LogP contribution in [0.5, 0.6) is 0 Å². The minimum Gasteiger partial charge on any atom is -0.325 e. The summed E-state index contributed by atoms with van der Waals surface area (Å²) in [5.74, 6) is -0.984. The van der Waals surface area contributed by atoms with Gasteiger partial charge in [0.05, 0.1) is 4.91 Å². The predicted octanol–water partition coefficient (Wildman–Crippen LogP) is 4.98. The molecule has 1 fully saturated rings. The van der Waals surface area contributed by atoms with Crippen molar-refractivity contribution in [3.63, 3.8) is 0 Å². The number of carbonyl (C=O) groups is 3. The summed E-state index contributed by atoms with van der Waals surface area (Å²) in [6.45, 7) is 1.58. The van der Waals surface area contributed by atoms with E-state index in [1.54, 1.807) is 30.3 Å². The number of anilines is 1. The Labute approximate surface area is 170 Å². The van der Waals surface area contributed by atoms with Gasteiger partial charge < -0.3 is 5.32 Å². The van der Waals surface area contributed by atoms with Crippen LogP contribution in [-0.4, -0.2) is 28.5 Å². The highest BCUT2D eigenvalue weighted by Gasteiger charge is 2.36. The van der Waals surface area contributed by atoms with Crippen molar-refractivity contribution in [1.29, 1.82) is 0 Å². The molecular weight excluding hydrogens is 407 g/mol. The van der Waals surface area contributed by atoms with Crippen molar-refractivity contribution in [3.8, 4) is 0 Å². The van der Waals surface area contributed by atoms with E-state index in [2.05, 4.69) is 5.32 Å². The molecule has 0 bridgehead atoms. The van der Waals surface area contributed by atoms with Crippen LogP contribution >= 0.6 is 35.0 Å². The predicted molar refractivity (Wildman–Crippen MR) is 109 cm³/mol. The maximum Gasteiger partial charge on any atom is 0.294 e. The molecule has 0 unspecified atom stereocenters. The summed E-state index contributed by atoms with van der Waals surface area (Å²) in [4.78, 5) is 37.9. The van der Waals surface area contributed by atoms with E-state index in [-0.39, 0.29) is 11.4 Å². The SMILES string of the molecule is Cc1ccc(NC(=O)CN2C(=O)S/C(=C\c3ccc(Cl)cc3Cl)C2=O)cc1. The minimum absolute atomic E-state index is 0.201. The minimum atomic E-state index is -0.532. The summed E-state index contributed by atoms with van der Waals surface area (Å²) in [5, 5.41) is 3.00. The van der Waals surface area contributed by atoms with Crippen molar-refractivity contribution < 1.29 is 14.4 Å². The van der Waals surface area contributed by atoms with Crippen molar-refractivity contribution >= 4 is 63.8 Å². The topological polar surface area (TPSA) is 66.5 Å². The maximum absolute atomic E-state index is 12.5. The normalized spacial score (nSPS) is 15.5. The van der Waals surface area contributed by atoms with E-state index in [9.17, 15) is 14.4 Å². The molecule has 2 aromatic rings. The van der Waals surface area contributed by atoms with Crippen LogP contribution in [0.15, 0.2) is 47.4 Å². The summed E-state index contributed by atoms with van der Waals surface area (Å²) < 4.78 is 0. The summed E-state index contributed by atoms with van der Waals surface area (Å²) in [7, 11) is 0. The number of benzene rings is 2. The Morgan fingerprint density at radius 1 is 1.15 bits per heavy atom. The van der Waals surface area contributed by atoms with Crippen molar-refractivity contribution in [2.75, 3.05) is 11.9 Å². The molecule has 5 nitrogen and oxygen atoms in total. The molecule has 3 amide bonds. The van der Waals surface area contributed by atoms with E-state index < -0.39 is 17.1 Å². The van der Waals surface area contributed by atoms with Crippen LogP contribution in [0.3, 0.4) is 0 Å². The number of aryl methyl sites for hydroxylation is 1. The van der Waals surface area contributed by atoms with Crippen LogP contribution in [0.4, 0.5) is 10.5 Å². The quantitative estimate of drug-likeness (QED) is 0.708. The van der Waals surface area contributed by atoms with Gasteiger partial charge in [-0.15, -0.1) is 0 Å². The number of hydrogen-bond donors (Lipinski definition) is 1. The molecule has 3 rings (SSSR count). The molecule has 138 valence electrons. The highest BCUT2D eigenvalue weighted by Crippen LogP contribution is 2.33. The van der Waals surface area contributed by atoms with Gasteiger partial charge in [0.25, 0.3) is 11.1 Å². The monoisotopic (exact) mass is 420 g/mol. The lowest BCUT2D eigenvalue weighted by Crippen LogP contribution is -2.36. The highest BCUT2D eigenvalue weighted by molar-refractivity contribution is 8.18. The molecule has 0 atom stereocenters. The molecule has 0 saturated carbocycles. The summed E-state index contributed by atoms with van der Waals surface area (Å²) in [5.41, 5.74) is 2.22. The molecule has 0 spiro atoms. The molecular formula is C19H14Cl2N2O3S. The van der Waals surface area contributed by atoms with E-state index >= 15 is 0 Å². The molecule has 1 heterocycles. The maximum atomic E-state index is 12.5. The number of nitrogens with zero attached hydrogens (tertiary/aromatic N) is 1. The zero-order valence-electron chi connectivity index (χ0n) is 14.2. The Kier molecular flexibility index (Phi) is 5.89. The third kappa shape index (κ3) is 4.71. The molecule has 2 aromatic carbocycles. The number of imide groups is 1. The Balaban J connectivity index is 1.71. The van der Waals surface area contributed by atoms with Gasteiger partial charge in [-0.2, -0.15) is 0 Å². The zero-order chi connectivity index (χ0) is 19.6. The van der Waals surface area contributed by atoms with E-state index in [0.29, 0.717) is 21.3 Å². The van der Waals surface area contributed by atoms with Crippen LogP contribution in [-0.2, 0) is 9.59 Å². The van der Waals surface area contributed by atoms with Gasteiger partial charge in [-0.3, -0.25) is 19.3 Å². The summed E-state index contributed by atoms with van der Waals surface area (Å²) in [6.07, 6.45) is 1.52. The van der Waals surface area contributed by atoms with Gasteiger partial charge in [0, 0.05) is 15.7 Å².